The Bertz CT molecular complexity index is 560. The Morgan fingerprint density at radius 1 is 1.19 bits per heavy atom. The van der Waals surface area contributed by atoms with Crippen molar-refractivity contribution < 1.29 is 23.1 Å². The molecule has 1 aliphatic carbocycles. The van der Waals surface area contributed by atoms with Gasteiger partial charge in [0.2, 0.25) is 0 Å². The molecule has 0 aliphatic heterocycles. The van der Waals surface area contributed by atoms with Crippen LogP contribution in [-0.4, -0.2) is 41.4 Å². The summed E-state index contributed by atoms with van der Waals surface area (Å²) in [5, 5.41) is 9.14. The van der Waals surface area contributed by atoms with Crippen molar-refractivity contribution in [1.29, 1.82) is 0 Å². The molecule has 1 saturated carbocycles. The Balaban J connectivity index is 2.12. The summed E-state index contributed by atoms with van der Waals surface area (Å²) in [5.74, 6) is 0.285. The number of alkyl halides is 3. The van der Waals surface area contributed by atoms with Crippen LogP contribution in [0.3, 0.4) is 0 Å². The lowest BCUT2D eigenvalue weighted by Gasteiger charge is -2.36. The molecule has 1 aromatic carbocycles. The summed E-state index contributed by atoms with van der Waals surface area (Å²) in [5.41, 5.74) is 7.36. The zero-order chi connectivity index (χ0) is 19.2. The molecule has 0 bridgehead atoms. The zero-order valence-corrected chi connectivity index (χ0v) is 14.8. The fourth-order valence-electron chi connectivity index (χ4n) is 3.93. The zero-order valence-electron chi connectivity index (χ0n) is 14.8. The molecular formula is C19H27F3N2O2. The first-order valence-electron chi connectivity index (χ1n) is 9.10. The van der Waals surface area contributed by atoms with Crippen molar-refractivity contribution in [3.8, 4) is 0 Å². The minimum atomic E-state index is -4.57. The molecule has 1 aliphatic rings. The van der Waals surface area contributed by atoms with E-state index in [9.17, 15) is 18.0 Å². The highest BCUT2D eigenvalue weighted by Gasteiger charge is 2.36. The van der Waals surface area contributed by atoms with Gasteiger partial charge in [-0.05, 0) is 23.8 Å². The third-order valence-corrected chi connectivity index (χ3v) is 5.19. The Kier molecular flexibility index (Phi) is 7.32. The van der Waals surface area contributed by atoms with Gasteiger partial charge in [-0.2, -0.15) is 13.2 Å². The van der Waals surface area contributed by atoms with E-state index in [0.717, 1.165) is 31.2 Å². The molecule has 0 heterocycles. The third-order valence-electron chi connectivity index (χ3n) is 5.19. The molecule has 7 heteroatoms. The molecule has 2 atom stereocenters. The first kappa shape index (κ1) is 20.6. The van der Waals surface area contributed by atoms with Crippen LogP contribution >= 0.6 is 0 Å². The van der Waals surface area contributed by atoms with Crippen molar-refractivity contribution >= 4 is 6.09 Å². The number of carboxylic acid groups (broad SMARTS) is 1. The summed E-state index contributed by atoms with van der Waals surface area (Å²) < 4.78 is 38.0. The maximum Gasteiger partial charge on any atom is 0.407 e. The van der Waals surface area contributed by atoms with Gasteiger partial charge in [0.25, 0.3) is 0 Å². The summed E-state index contributed by atoms with van der Waals surface area (Å²) in [6.07, 6.45) is -0.153. The van der Waals surface area contributed by atoms with E-state index in [-0.39, 0.29) is 12.5 Å². The lowest BCUT2D eigenvalue weighted by atomic mass is 9.74. The highest BCUT2D eigenvalue weighted by Crippen LogP contribution is 2.34. The average Bonchev–Trinajstić information content (AvgIpc) is 2.59. The number of carbonyl (C=O) groups is 1. The SMILES string of the molecule is NC(CN(CC(F)(F)F)C(=O)O)C(Cc1ccccc1)C1CCCCC1. The van der Waals surface area contributed by atoms with Gasteiger partial charge in [-0.3, -0.25) is 4.90 Å². The van der Waals surface area contributed by atoms with E-state index in [1.807, 2.05) is 30.3 Å². The lowest BCUT2D eigenvalue weighted by Crippen LogP contribution is -2.49. The summed E-state index contributed by atoms with van der Waals surface area (Å²) in [6.45, 7) is -1.79. The smallest absolute Gasteiger partial charge is 0.407 e. The van der Waals surface area contributed by atoms with Crippen molar-refractivity contribution in [2.45, 2.75) is 50.7 Å². The highest BCUT2D eigenvalue weighted by atomic mass is 19.4. The summed E-state index contributed by atoms with van der Waals surface area (Å²) in [4.78, 5) is 11.6. The molecule has 2 rings (SSSR count). The second-order valence-corrected chi connectivity index (χ2v) is 7.19. The van der Waals surface area contributed by atoms with Crippen molar-refractivity contribution in [2.75, 3.05) is 13.1 Å². The van der Waals surface area contributed by atoms with Crippen LogP contribution in [0.4, 0.5) is 18.0 Å². The molecule has 146 valence electrons. The van der Waals surface area contributed by atoms with E-state index in [2.05, 4.69) is 0 Å². The minimum absolute atomic E-state index is 0.0345. The number of amides is 1. The van der Waals surface area contributed by atoms with Gasteiger partial charge in [0.1, 0.15) is 6.54 Å². The van der Waals surface area contributed by atoms with Crippen LogP contribution in [0.5, 0.6) is 0 Å². The second kappa shape index (κ2) is 9.26. The first-order chi connectivity index (χ1) is 12.3. The monoisotopic (exact) mass is 372 g/mol. The maximum atomic E-state index is 12.7. The van der Waals surface area contributed by atoms with Crippen molar-refractivity contribution in [3.05, 3.63) is 35.9 Å². The van der Waals surface area contributed by atoms with E-state index >= 15 is 0 Å². The topological polar surface area (TPSA) is 66.6 Å². The third kappa shape index (κ3) is 6.52. The standard InChI is InChI=1S/C19H27F3N2O2/c20-19(21,22)13-24(18(25)26)12-17(23)16(15-9-5-2-6-10-15)11-14-7-3-1-4-8-14/h1,3-4,7-8,15-17H,2,5-6,9-13,23H2,(H,25,26). The molecular weight excluding hydrogens is 345 g/mol. The van der Waals surface area contributed by atoms with E-state index in [1.54, 1.807) is 0 Å². The Morgan fingerprint density at radius 3 is 2.35 bits per heavy atom. The van der Waals surface area contributed by atoms with Gasteiger partial charge in [0, 0.05) is 12.6 Å². The number of halogens is 3. The largest absolute Gasteiger partial charge is 0.465 e. The minimum Gasteiger partial charge on any atom is -0.465 e. The fourth-order valence-corrected chi connectivity index (χ4v) is 3.93. The Hall–Kier alpha value is -1.76. The molecule has 4 nitrogen and oxygen atoms in total. The molecule has 1 aromatic rings. The van der Waals surface area contributed by atoms with E-state index < -0.39 is 24.9 Å². The van der Waals surface area contributed by atoms with Crippen LogP contribution in [0.15, 0.2) is 30.3 Å². The molecule has 3 N–H and O–H groups in total. The fraction of sp³-hybridized carbons (Fsp3) is 0.632. The summed E-state index contributed by atoms with van der Waals surface area (Å²) >= 11 is 0. The van der Waals surface area contributed by atoms with Gasteiger partial charge in [-0.15, -0.1) is 0 Å². The second-order valence-electron chi connectivity index (χ2n) is 7.19. The normalized spacial score (nSPS) is 18.3. The number of benzene rings is 1. The van der Waals surface area contributed by atoms with Gasteiger partial charge in [-0.1, -0.05) is 62.4 Å². The molecule has 1 amide bonds. The Labute approximate surface area is 152 Å². The number of nitrogens with zero attached hydrogens (tertiary/aromatic N) is 1. The molecule has 0 aromatic heterocycles. The quantitative estimate of drug-likeness (QED) is 0.750. The van der Waals surface area contributed by atoms with E-state index in [4.69, 9.17) is 10.8 Å². The van der Waals surface area contributed by atoms with Crippen LogP contribution in [-0.2, 0) is 6.42 Å². The van der Waals surface area contributed by atoms with Crippen LogP contribution in [0.25, 0.3) is 0 Å². The molecule has 0 radical (unpaired) electrons. The predicted molar refractivity (Wildman–Crippen MR) is 93.8 cm³/mol. The maximum absolute atomic E-state index is 12.7. The summed E-state index contributed by atoms with van der Waals surface area (Å²) in [7, 11) is 0. The molecule has 26 heavy (non-hydrogen) atoms. The Morgan fingerprint density at radius 2 is 1.81 bits per heavy atom. The number of rotatable bonds is 7. The van der Waals surface area contributed by atoms with E-state index in [1.165, 1.54) is 6.42 Å². The van der Waals surface area contributed by atoms with Crippen LogP contribution in [0, 0.1) is 11.8 Å². The molecule has 2 unspecified atom stereocenters. The molecule has 0 saturated heterocycles. The number of hydrogen-bond donors (Lipinski definition) is 2. The van der Waals surface area contributed by atoms with Gasteiger partial charge in [0.15, 0.2) is 0 Å². The highest BCUT2D eigenvalue weighted by molar-refractivity contribution is 5.65. The van der Waals surface area contributed by atoms with Gasteiger partial charge >= 0.3 is 12.3 Å². The van der Waals surface area contributed by atoms with Crippen molar-refractivity contribution in [3.63, 3.8) is 0 Å². The lowest BCUT2D eigenvalue weighted by molar-refractivity contribution is -0.142. The average molecular weight is 372 g/mol. The predicted octanol–water partition coefficient (Wildman–Crippen LogP) is 4.30. The summed E-state index contributed by atoms with van der Waals surface area (Å²) in [6, 6.07) is 9.09. The van der Waals surface area contributed by atoms with Crippen LogP contribution < -0.4 is 5.73 Å². The van der Waals surface area contributed by atoms with Gasteiger partial charge < -0.3 is 10.8 Å². The van der Waals surface area contributed by atoms with Crippen molar-refractivity contribution in [2.24, 2.45) is 17.6 Å². The van der Waals surface area contributed by atoms with Crippen LogP contribution in [0.1, 0.15) is 37.7 Å². The van der Waals surface area contributed by atoms with E-state index in [0.29, 0.717) is 17.2 Å². The van der Waals surface area contributed by atoms with Crippen molar-refractivity contribution in [1.82, 2.24) is 4.90 Å². The molecule has 1 fully saturated rings. The number of nitrogens with two attached hydrogens (primary N) is 1. The van der Waals surface area contributed by atoms with Gasteiger partial charge in [0.05, 0.1) is 0 Å². The van der Waals surface area contributed by atoms with Crippen LogP contribution in [0.2, 0.25) is 0 Å². The molecule has 0 spiro atoms. The number of hydrogen-bond acceptors (Lipinski definition) is 2. The van der Waals surface area contributed by atoms with Gasteiger partial charge in [-0.25, -0.2) is 4.79 Å². The first-order valence-corrected chi connectivity index (χ1v) is 9.10.